The van der Waals surface area contributed by atoms with Crippen LogP contribution in [-0.4, -0.2) is 34.9 Å². The van der Waals surface area contributed by atoms with Crippen molar-refractivity contribution in [1.82, 2.24) is 14.7 Å². The molecule has 1 N–H and O–H groups in total. The number of piperidine rings is 1. The zero-order valence-electron chi connectivity index (χ0n) is 14.4. The van der Waals surface area contributed by atoms with Gasteiger partial charge in [0.1, 0.15) is 11.6 Å². The van der Waals surface area contributed by atoms with Gasteiger partial charge in [-0.15, -0.1) is 0 Å². The summed E-state index contributed by atoms with van der Waals surface area (Å²) in [6, 6.07) is 6.47. The Labute approximate surface area is 151 Å². The number of hydrogen-bond acceptors (Lipinski definition) is 5. The molecule has 1 aromatic carbocycles. The second-order valence-corrected chi connectivity index (χ2v) is 7.11. The van der Waals surface area contributed by atoms with Crippen molar-refractivity contribution < 1.29 is 9.18 Å². The van der Waals surface area contributed by atoms with Gasteiger partial charge in [-0.2, -0.15) is 4.37 Å². The molecular weight excluding hydrogens is 339 g/mol. The van der Waals surface area contributed by atoms with Gasteiger partial charge < -0.3 is 10.2 Å². The average molecular weight is 362 g/mol. The number of hydrogen-bond donors (Lipinski definition) is 1. The van der Waals surface area contributed by atoms with Gasteiger partial charge in [0.05, 0.1) is 0 Å². The number of anilines is 1. The molecule has 1 aromatic heterocycles. The molecule has 1 saturated heterocycles. The number of carbonyl (C=O) groups is 1. The summed E-state index contributed by atoms with van der Waals surface area (Å²) in [5.41, 5.74) is 1.01. The Bertz CT molecular complexity index is 695. The van der Waals surface area contributed by atoms with E-state index < -0.39 is 0 Å². The molecular formula is C18H23FN4OS. The molecule has 0 unspecified atom stereocenters. The van der Waals surface area contributed by atoms with Crippen LogP contribution < -0.4 is 10.2 Å². The van der Waals surface area contributed by atoms with Crippen LogP contribution in [0.5, 0.6) is 0 Å². The fourth-order valence-electron chi connectivity index (χ4n) is 2.94. The summed E-state index contributed by atoms with van der Waals surface area (Å²) in [6.45, 7) is 4.53. The van der Waals surface area contributed by atoms with Crippen LogP contribution in [0.25, 0.3) is 0 Å². The number of rotatable bonds is 6. The van der Waals surface area contributed by atoms with Crippen LogP contribution in [0.3, 0.4) is 0 Å². The van der Waals surface area contributed by atoms with Gasteiger partial charge >= 0.3 is 0 Å². The van der Waals surface area contributed by atoms with Crippen LogP contribution in [0.15, 0.2) is 24.3 Å². The van der Waals surface area contributed by atoms with Crippen molar-refractivity contribution in [2.75, 3.05) is 24.5 Å². The first-order chi connectivity index (χ1) is 12.1. The van der Waals surface area contributed by atoms with Gasteiger partial charge in [-0.1, -0.05) is 19.1 Å². The quantitative estimate of drug-likeness (QED) is 0.858. The average Bonchev–Trinajstić information content (AvgIpc) is 3.10. The van der Waals surface area contributed by atoms with Crippen LogP contribution in [0.1, 0.15) is 37.6 Å². The van der Waals surface area contributed by atoms with Crippen molar-refractivity contribution in [2.45, 2.75) is 32.6 Å². The summed E-state index contributed by atoms with van der Waals surface area (Å²) in [6.07, 6.45) is 3.27. The Morgan fingerprint density at radius 1 is 1.32 bits per heavy atom. The van der Waals surface area contributed by atoms with Gasteiger partial charge in [0.25, 0.3) is 0 Å². The number of benzene rings is 1. The Morgan fingerprint density at radius 2 is 2.04 bits per heavy atom. The topological polar surface area (TPSA) is 58.1 Å². The monoisotopic (exact) mass is 362 g/mol. The third-order valence-corrected chi connectivity index (χ3v) is 5.34. The SMILES string of the molecule is CCC(=O)NCC1CCN(c2nc(Cc3ccc(F)cc3)ns2)CC1. The van der Waals surface area contributed by atoms with Gasteiger partial charge in [0.2, 0.25) is 11.0 Å². The van der Waals surface area contributed by atoms with E-state index in [1.54, 1.807) is 12.1 Å². The van der Waals surface area contributed by atoms with E-state index in [1.165, 1.54) is 23.7 Å². The maximum Gasteiger partial charge on any atom is 0.219 e. The summed E-state index contributed by atoms with van der Waals surface area (Å²) in [5.74, 6) is 1.22. The molecule has 7 heteroatoms. The van der Waals surface area contributed by atoms with E-state index in [2.05, 4.69) is 19.6 Å². The van der Waals surface area contributed by atoms with Gasteiger partial charge in [0, 0.05) is 44.0 Å². The predicted octanol–water partition coefficient (Wildman–Crippen LogP) is 3.01. The van der Waals surface area contributed by atoms with Crippen LogP contribution in [0.2, 0.25) is 0 Å². The molecule has 3 rings (SSSR count). The van der Waals surface area contributed by atoms with Crippen molar-refractivity contribution in [2.24, 2.45) is 5.92 Å². The first kappa shape index (κ1) is 17.8. The lowest BCUT2D eigenvalue weighted by molar-refractivity contribution is -0.120. The van der Waals surface area contributed by atoms with Crippen molar-refractivity contribution in [3.8, 4) is 0 Å². The van der Waals surface area contributed by atoms with E-state index >= 15 is 0 Å². The summed E-state index contributed by atoms with van der Waals surface area (Å²) in [5, 5.41) is 3.93. The highest BCUT2D eigenvalue weighted by Crippen LogP contribution is 2.25. The van der Waals surface area contributed by atoms with Gasteiger partial charge in [-0.25, -0.2) is 9.37 Å². The molecule has 0 spiro atoms. The van der Waals surface area contributed by atoms with Gasteiger partial charge in [0.15, 0.2) is 0 Å². The highest BCUT2D eigenvalue weighted by molar-refractivity contribution is 7.09. The molecule has 1 aliphatic heterocycles. The molecule has 25 heavy (non-hydrogen) atoms. The van der Waals surface area contributed by atoms with E-state index in [1.807, 2.05) is 6.92 Å². The highest BCUT2D eigenvalue weighted by Gasteiger charge is 2.22. The lowest BCUT2D eigenvalue weighted by Gasteiger charge is -2.31. The van der Waals surface area contributed by atoms with Crippen LogP contribution in [0, 0.1) is 11.7 Å². The third kappa shape index (κ3) is 4.98. The smallest absolute Gasteiger partial charge is 0.219 e. The predicted molar refractivity (Wildman–Crippen MR) is 97.4 cm³/mol. The molecule has 2 heterocycles. The maximum absolute atomic E-state index is 13.0. The van der Waals surface area contributed by atoms with E-state index in [-0.39, 0.29) is 11.7 Å². The number of nitrogens with zero attached hydrogens (tertiary/aromatic N) is 3. The molecule has 1 fully saturated rings. The fourth-order valence-corrected chi connectivity index (χ4v) is 3.68. The normalized spacial score (nSPS) is 15.4. The van der Waals surface area contributed by atoms with Crippen LogP contribution in [-0.2, 0) is 11.2 Å². The zero-order valence-corrected chi connectivity index (χ0v) is 15.2. The van der Waals surface area contributed by atoms with Crippen molar-refractivity contribution in [3.05, 3.63) is 41.5 Å². The lowest BCUT2D eigenvalue weighted by atomic mass is 9.97. The molecule has 0 bridgehead atoms. The number of nitrogens with one attached hydrogen (secondary N) is 1. The first-order valence-electron chi connectivity index (χ1n) is 8.72. The van der Waals surface area contributed by atoms with Crippen molar-refractivity contribution >= 4 is 22.6 Å². The second-order valence-electron chi connectivity index (χ2n) is 6.38. The third-order valence-electron chi connectivity index (χ3n) is 4.53. The molecule has 1 amide bonds. The Balaban J connectivity index is 1.50. The molecule has 0 saturated carbocycles. The molecule has 5 nitrogen and oxygen atoms in total. The molecule has 134 valence electrons. The first-order valence-corrected chi connectivity index (χ1v) is 9.50. The number of carbonyl (C=O) groups excluding carboxylic acids is 1. The highest BCUT2D eigenvalue weighted by atomic mass is 32.1. The summed E-state index contributed by atoms with van der Waals surface area (Å²) >= 11 is 1.42. The number of amides is 1. The standard InChI is InChI=1S/C18H23FN4OS/c1-2-17(24)20-12-14-7-9-23(10-8-14)18-21-16(22-25-18)11-13-3-5-15(19)6-4-13/h3-6,14H,2,7-12H2,1H3,(H,20,24). The van der Waals surface area contributed by atoms with Crippen molar-refractivity contribution in [3.63, 3.8) is 0 Å². The Hall–Kier alpha value is -2.02. The van der Waals surface area contributed by atoms with E-state index in [9.17, 15) is 9.18 Å². The fraction of sp³-hybridized carbons (Fsp3) is 0.500. The number of halogens is 1. The van der Waals surface area contributed by atoms with E-state index in [0.29, 0.717) is 18.8 Å². The number of aromatic nitrogens is 2. The summed E-state index contributed by atoms with van der Waals surface area (Å²) in [7, 11) is 0. The van der Waals surface area contributed by atoms with Crippen LogP contribution in [0.4, 0.5) is 9.52 Å². The van der Waals surface area contributed by atoms with Crippen molar-refractivity contribution in [1.29, 1.82) is 0 Å². The summed E-state index contributed by atoms with van der Waals surface area (Å²) < 4.78 is 17.4. The zero-order chi connectivity index (χ0) is 17.6. The Morgan fingerprint density at radius 3 is 2.72 bits per heavy atom. The largest absolute Gasteiger partial charge is 0.356 e. The molecule has 1 aliphatic rings. The van der Waals surface area contributed by atoms with E-state index in [4.69, 9.17) is 0 Å². The van der Waals surface area contributed by atoms with Gasteiger partial charge in [-0.05, 0) is 36.5 Å². The second kappa shape index (κ2) is 8.38. The minimum atomic E-state index is -0.228. The lowest BCUT2D eigenvalue weighted by Crippen LogP contribution is -2.38. The van der Waals surface area contributed by atoms with Gasteiger partial charge in [-0.3, -0.25) is 4.79 Å². The molecule has 0 atom stereocenters. The van der Waals surface area contributed by atoms with E-state index in [0.717, 1.165) is 49.0 Å². The molecule has 0 radical (unpaired) electrons. The van der Waals surface area contributed by atoms with Crippen LogP contribution >= 0.6 is 11.5 Å². The Kier molecular flexibility index (Phi) is 5.96. The summed E-state index contributed by atoms with van der Waals surface area (Å²) in [4.78, 5) is 18.3. The molecule has 2 aromatic rings. The maximum atomic E-state index is 13.0. The molecule has 0 aliphatic carbocycles. The minimum Gasteiger partial charge on any atom is -0.356 e. The minimum absolute atomic E-state index is 0.122.